The Hall–Kier alpha value is -3.52. The van der Waals surface area contributed by atoms with Crippen molar-refractivity contribution in [2.75, 3.05) is 13.7 Å². The number of thioether (sulfide) groups is 1. The molecule has 168 valence electrons. The smallest absolute Gasteiger partial charge is 0.337 e. The number of esters is 1. The Morgan fingerprint density at radius 2 is 2.06 bits per heavy atom. The Kier molecular flexibility index (Phi) is 5.68. The van der Waals surface area contributed by atoms with Crippen molar-refractivity contribution in [3.63, 3.8) is 0 Å². The lowest BCUT2D eigenvalue weighted by Crippen LogP contribution is -2.36. The van der Waals surface area contributed by atoms with Gasteiger partial charge in [-0.25, -0.2) is 4.79 Å². The minimum atomic E-state index is -0.372. The molecule has 0 atom stereocenters. The average Bonchev–Trinajstić information content (AvgIpc) is 3.43. The van der Waals surface area contributed by atoms with E-state index >= 15 is 0 Å². The van der Waals surface area contributed by atoms with Gasteiger partial charge in [0.1, 0.15) is 5.76 Å². The number of aromatic amines is 1. The maximum absolute atomic E-state index is 13.5. The molecule has 1 amide bonds. The lowest BCUT2D eigenvalue weighted by atomic mass is 10.0. The molecule has 2 aromatic heterocycles. The van der Waals surface area contributed by atoms with Crippen LogP contribution in [0.4, 0.5) is 0 Å². The second-order valence-electron chi connectivity index (χ2n) is 8.03. The summed E-state index contributed by atoms with van der Waals surface area (Å²) >= 11 is 1.56. The van der Waals surface area contributed by atoms with Crippen LogP contribution in [0.3, 0.4) is 0 Å². The summed E-state index contributed by atoms with van der Waals surface area (Å²) in [4.78, 5) is 31.7. The Morgan fingerprint density at radius 1 is 1.21 bits per heavy atom. The first-order valence-electron chi connectivity index (χ1n) is 10.7. The van der Waals surface area contributed by atoms with Crippen molar-refractivity contribution in [3.8, 4) is 0 Å². The molecule has 4 aromatic rings. The normalized spacial score (nSPS) is 13.2. The van der Waals surface area contributed by atoms with E-state index in [1.165, 1.54) is 7.11 Å². The second-order valence-corrected chi connectivity index (χ2v) is 9.05. The van der Waals surface area contributed by atoms with Gasteiger partial charge in [-0.15, -0.1) is 11.8 Å². The van der Waals surface area contributed by atoms with Gasteiger partial charge in [0.15, 0.2) is 0 Å². The predicted molar refractivity (Wildman–Crippen MR) is 125 cm³/mol. The molecule has 7 nitrogen and oxygen atoms in total. The number of carbonyl (C=O) groups excluding carboxylic acids is 2. The summed E-state index contributed by atoms with van der Waals surface area (Å²) in [5.74, 6) is 1.01. The van der Waals surface area contributed by atoms with Gasteiger partial charge in [0.25, 0.3) is 5.91 Å². The van der Waals surface area contributed by atoms with E-state index in [1.807, 2.05) is 54.3 Å². The van der Waals surface area contributed by atoms with Gasteiger partial charge in [0, 0.05) is 52.6 Å². The Balaban J connectivity index is 1.40. The number of fused-ring (bicyclic) bond motifs is 3. The maximum atomic E-state index is 13.5. The van der Waals surface area contributed by atoms with Crippen LogP contribution in [0.1, 0.15) is 43.4 Å². The van der Waals surface area contributed by atoms with Crippen molar-refractivity contribution in [2.45, 2.75) is 30.5 Å². The fourth-order valence-electron chi connectivity index (χ4n) is 4.21. The highest BCUT2D eigenvalue weighted by molar-refractivity contribution is 7.98. The molecule has 0 saturated carbocycles. The van der Waals surface area contributed by atoms with Crippen LogP contribution in [0.15, 0.2) is 57.9 Å². The molecule has 5 rings (SSSR count). The standard InChI is InChI=1S/C25H23N3O4S/c1-15-11-17(32-27-15)14-33-23-6-4-3-5-18(23)24(29)28-10-9-22-20(13-28)19-12-16(25(30)31-2)7-8-21(19)26-22/h3-8,11-12,26H,9-10,13-14H2,1-2H3. The number of hydrogen-bond acceptors (Lipinski definition) is 6. The summed E-state index contributed by atoms with van der Waals surface area (Å²) < 4.78 is 10.2. The first-order valence-corrected chi connectivity index (χ1v) is 11.7. The first-order chi connectivity index (χ1) is 16.0. The van der Waals surface area contributed by atoms with Crippen molar-refractivity contribution >= 4 is 34.5 Å². The number of methoxy groups -OCH3 is 1. The third-order valence-corrected chi connectivity index (χ3v) is 6.94. The number of nitrogens with one attached hydrogen (secondary N) is 1. The van der Waals surface area contributed by atoms with Gasteiger partial charge in [-0.2, -0.15) is 0 Å². The summed E-state index contributed by atoms with van der Waals surface area (Å²) in [6.45, 7) is 3.00. The molecular formula is C25H23N3O4S. The van der Waals surface area contributed by atoms with E-state index in [9.17, 15) is 9.59 Å². The number of amides is 1. The largest absolute Gasteiger partial charge is 0.465 e. The molecule has 2 aromatic carbocycles. The third kappa shape index (κ3) is 4.14. The highest BCUT2D eigenvalue weighted by atomic mass is 32.2. The zero-order valence-electron chi connectivity index (χ0n) is 18.4. The van der Waals surface area contributed by atoms with Crippen molar-refractivity contribution in [2.24, 2.45) is 0 Å². The lowest BCUT2D eigenvalue weighted by Gasteiger charge is -2.28. The van der Waals surface area contributed by atoms with Crippen LogP contribution in [-0.4, -0.2) is 40.6 Å². The number of aryl methyl sites for hydroxylation is 1. The van der Waals surface area contributed by atoms with E-state index in [0.717, 1.165) is 44.9 Å². The zero-order valence-corrected chi connectivity index (χ0v) is 19.2. The maximum Gasteiger partial charge on any atom is 0.337 e. The number of nitrogens with zero attached hydrogens (tertiary/aromatic N) is 2. The lowest BCUT2D eigenvalue weighted by molar-refractivity contribution is 0.0600. The van der Waals surface area contributed by atoms with Crippen molar-refractivity contribution in [1.29, 1.82) is 0 Å². The van der Waals surface area contributed by atoms with Gasteiger partial charge in [-0.3, -0.25) is 4.79 Å². The molecule has 0 bridgehead atoms. The Labute approximate surface area is 195 Å². The quantitative estimate of drug-likeness (QED) is 0.341. The number of ether oxygens (including phenoxy) is 1. The molecule has 1 N–H and O–H groups in total. The predicted octanol–water partition coefficient (Wildman–Crippen LogP) is 4.74. The number of benzene rings is 2. The Bertz CT molecular complexity index is 1360. The second kappa shape index (κ2) is 8.78. The van der Waals surface area contributed by atoms with E-state index in [1.54, 1.807) is 17.8 Å². The van der Waals surface area contributed by atoms with Gasteiger partial charge in [0.2, 0.25) is 0 Å². The molecule has 1 aliphatic heterocycles. The molecule has 0 saturated heterocycles. The van der Waals surface area contributed by atoms with E-state index in [4.69, 9.17) is 9.26 Å². The monoisotopic (exact) mass is 461 g/mol. The van der Waals surface area contributed by atoms with Crippen LogP contribution in [0, 0.1) is 6.92 Å². The van der Waals surface area contributed by atoms with Crippen molar-refractivity contribution < 1.29 is 18.8 Å². The number of rotatable bonds is 5. The minimum Gasteiger partial charge on any atom is -0.465 e. The molecule has 3 heterocycles. The molecule has 8 heteroatoms. The van der Waals surface area contributed by atoms with Gasteiger partial charge < -0.3 is 19.1 Å². The van der Waals surface area contributed by atoms with Gasteiger partial charge in [-0.1, -0.05) is 17.3 Å². The van der Waals surface area contributed by atoms with E-state index < -0.39 is 0 Å². The fourth-order valence-corrected chi connectivity index (χ4v) is 5.12. The molecule has 33 heavy (non-hydrogen) atoms. The molecule has 0 aliphatic carbocycles. The molecule has 0 spiro atoms. The highest BCUT2D eigenvalue weighted by Crippen LogP contribution is 2.32. The highest BCUT2D eigenvalue weighted by Gasteiger charge is 2.26. The molecule has 0 unspecified atom stereocenters. The van der Waals surface area contributed by atoms with Gasteiger partial charge >= 0.3 is 5.97 Å². The summed E-state index contributed by atoms with van der Waals surface area (Å²) in [5.41, 5.74) is 5.14. The summed E-state index contributed by atoms with van der Waals surface area (Å²) in [5, 5.41) is 4.88. The minimum absolute atomic E-state index is 0.00373. The molecular weight excluding hydrogens is 438 g/mol. The topological polar surface area (TPSA) is 88.4 Å². The number of H-pyrrole nitrogens is 1. The Morgan fingerprint density at radius 3 is 2.85 bits per heavy atom. The number of aromatic nitrogens is 2. The van der Waals surface area contributed by atoms with Crippen molar-refractivity contribution in [1.82, 2.24) is 15.0 Å². The van der Waals surface area contributed by atoms with Crippen LogP contribution < -0.4 is 0 Å². The van der Waals surface area contributed by atoms with Crippen LogP contribution in [0.2, 0.25) is 0 Å². The van der Waals surface area contributed by atoms with E-state index in [-0.39, 0.29) is 11.9 Å². The van der Waals surface area contributed by atoms with Gasteiger partial charge in [0.05, 0.1) is 29.7 Å². The fraction of sp³-hybridized carbons (Fsp3) is 0.240. The first kappa shape index (κ1) is 21.3. The molecule has 0 fully saturated rings. The van der Waals surface area contributed by atoms with Crippen molar-refractivity contribution in [3.05, 3.63) is 82.4 Å². The summed E-state index contributed by atoms with van der Waals surface area (Å²) in [7, 11) is 1.37. The van der Waals surface area contributed by atoms with E-state index in [0.29, 0.717) is 30.0 Å². The van der Waals surface area contributed by atoms with Crippen LogP contribution in [-0.2, 0) is 23.5 Å². The SMILES string of the molecule is COC(=O)c1ccc2[nH]c3c(c2c1)CN(C(=O)c1ccccc1SCc1cc(C)no1)CC3. The summed E-state index contributed by atoms with van der Waals surface area (Å²) in [6.07, 6.45) is 0.732. The van der Waals surface area contributed by atoms with Gasteiger partial charge in [-0.05, 0) is 37.3 Å². The molecule has 0 radical (unpaired) electrons. The van der Waals surface area contributed by atoms with E-state index in [2.05, 4.69) is 10.1 Å². The average molecular weight is 462 g/mol. The van der Waals surface area contributed by atoms with Crippen LogP contribution in [0.25, 0.3) is 10.9 Å². The zero-order chi connectivity index (χ0) is 22.9. The van der Waals surface area contributed by atoms with Crippen LogP contribution >= 0.6 is 11.8 Å². The summed E-state index contributed by atoms with van der Waals surface area (Å²) in [6, 6.07) is 15.1. The number of carbonyl (C=O) groups is 2. The molecule has 1 aliphatic rings. The number of hydrogen-bond donors (Lipinski definition) is 1. The third-order valence-electron chi connectivity index (χ3n) is 5.85. The van der Waals surface area contributed by atoms with Crippen LogP contribution in [0.5, 0.6) is 0 Å².